The van der Waals surface area contributed by atoms with Crippen LogP contribution in [-0.2, 0) is 10.0 Å². The number of sulfonamides is 1. The summed E-state index contributed by atoms with van der Waals surface area (Å²) in [6, 6.07) is 4.92. The molecule has 8 heteroatoms. The molecule has 0 fully saturated rings. The number of thiazole rings is 1. The fourth-order valence-corrected chi connectivity index (χ4v) is 3.38. The summed E-state index contributed by atoms with van der Waals surface area (Å²) in [5.74, 6) is 0. The van der Waals surface area contributed by atoms with E-state index in [2.05, 4.69) is 15.2 Å². The third kappa shape index (κ3) is 1.80. The van der Waals surface area contributed by atoms with Crippen molar-refractivity contribution in [1.29, 1.82) is 0 Å². The van der Waals surface area contributed by atoms with E-state index in [9.17, 15) is 8.42 Å². The van der Waals surface area contributed by atoms with Gasteiger partial charge in [-0.3, -0.25) is 5.10 Å². The number of primary sulfonamides is 1. The van der Waals surface area contributed by atoms with Crippen LogP contribution in [0.1, 0.15) is 0 Å². The highest BCUT2D eigenvalue weighted by Gasteiger charge is 2.16. The molecule has 0 bridgehead atoms. The summed E-state index contributed by atoms with van der Waals surface area (Å²) in [6.45, 7) is 0. The topological polar surface area (TPSA) is 102 Å². The number of aromatic amines is 1. The largest absolute Gasteiger partial charge is 0.285 e. The van der Waals surface area contributed by atoms with E-state index < -0.39 is 10.0 Å². The molecule has 0 atom stereocenters. The van der Waals surface area contributed by atoms with Crippen LogP contribution in [0.3, 0.4) is 0 Å². The lowest BCUT2D eigenvalue weighted by Crippen LogP contribution is -2.12. The zero-order valence-corrected chi connectivity index (χ0v) is 10.6. The Balaban J connectivity index is 2.31. The molecule has 2 heterocycles. The molecule has 6 nitrogen and oxygen atoms in total. The van der Waals surface area contributed by atoms with Crippen LogP contribution < -0.4 is 5.14 Å². The molecule has 0 amide bonds. The Morgan fingerprint density at radius 1 is 1.33 bits per heavy atom. The molecule has 3 N–H and O–H groups in total. The maximum Gasteiger partial charge on any atom is 0.240 e. The smallest absolute Gasteiger partial charge is 0.240 e. The number of hydrogen-bond donors (Lipinski definition) is 2. The average molecular weight is 280 g/mol. The lowest BCUT2D eigenvalue weighted by molar-refractivity contribution is 0.598. The maximum atomic E-state index is 11.5. The second-order valence-corrected chi connectivity index (χ2v) is 6.21. The molecule has 0 aliphatic rings. The van der Waals surface area contributed by atoms with Crippen molar-refractivity contribution in [3.8, 4) is 10.6 Å². The molecular formula is C10H8N4O2S2. The number of hydrogen-bond acceptors (Lipinski definition) is 5. The van der Waals surface area contributed by atoms with Gasteiger partial charge in [0.15, 0.2) is 0 Å². The number of aromatic nitrogens is 3. The SMILES string of the molecule is NS(=O)(=O)c1cccc2sc(-c3cn[nH]c3)nc12. The quantitative estimate of drug-likeness (QED) is 0.739. The van der Waals surface area contributed by atoms with Gasteiger partial charge in [-0.15, -0.1) is 11.3 Å². The number of rotatable bonds is 2. The molecule has 0 unspecified atom stereocenters. The van der Waals surface area contributed by atoms with Crippen molar-refractivity contribution in [1.82, 2.24) is 15.2 Å². The van der Waals surface area contributed by atoms with Gasteiger partial charge in [-0.05, 0) is 12.1 Å². The van der Waals surface area contributed by atoms with Crippen LogP contribution in [-0.4, -0.2) is 23.6 Å². The van der Waals surface area contributed by atoms with Crippen molar-refractivity contribution in [3.63, 3.8) is 0 Å². The molecule has 0 spiro atoms. The number of fused-ring (bicyclic) bond motifs is 1. The Labute approximate surface area is 107 Å². The number of para-hydroxylation sites is 1. The molecule has 92 valence electrons. The zero-order valence-electron chi connectivity index (χ0n) is 8.99. The van der Waals surface area contributed by atoms with Crippen LogP contribution in [0.4, 0.5) is 0 Å². The van der Waals surface area contributed by atoms with Gasteiger partial charge < -0.3 is 0 Å². The van der Waals surface area contributed by atoms with E-state index in [1.54, 1.807) is 18.5 Å². The van der Waals surface area contributed by atoms with Gasteiger partial charge in [0.1, 0.15) is 15.4 Å². The monoisotopic (exact) mass is 280 g/mol. The van der Waals surface area contributed by atoms with Gasteiger partial charge in [-0.1, -0.05) is 6.07 Å². The Hall–Kier alpha value is -1.77. The minimum absolute atomic E-state index is 0.0472. The van der Waals surface area contributed by atoms with Crippen molar-refractivity contribution in [2.45, 2.75) is 4.90 Å². The fraction of sp³-hybridized carbons (Fsp3) is 0. The molecule has 1 aromatic carbocycles. The predicted octanol–water partition coefficient (Wildman–Crippen LogP) is 1.33. The van der Waals surface area contributed by atoms with E-state index in [-0.39, 0.29) is 4.90 Å². The van der Waals surface area contributed by atoms with Gasteiger partial charge in [0.05, 0.1) is 10.9 Å². The van der Waals surface area contributed by atoms with Crippen molar-refractivity contribution in [2.24, 2.45) is 5.14 Å². The summed E-state index contributed by atoms with van der Waals surface area (Å²) in [4.78, 5) is 4.37. The summed E-state index contributed by atoms with van der Waals surface area (Å²) in [6.07, 6.45) is 3.34. The van der Waals surface area contributed by atoms with Crippen LogP contribution >= 0.6 is 11.3 Å². The highest BCUT2D eigenvalue weighted by molar-refractivity contribution is 7.89. The first-order chi connectivity index (χ1) is 8.55. The van der Waals surface area contributed by atoms with E-state index in [0.29, 0.717) is 10.5 Å². The molecule has 0 aliphatic heterocycles. The summed E-state index contributed by atoms with van der Waals surface area (Å²) in [5.41, 5.74) is 1.22. The van der Waals surface area contributed by atoms with Crippen molar-refractivity contribution in [2.75, 3.05) is 0 Å². The third-order valence-corrected chi connectivity index (χ3v) is 4.45. The lowest BCUT2D eigenvalue weighted by atomic mass is 10.3. The van der Waals surface area contributed by atoms with Gasteiger partial charge >= 0.3 is 0 Å². The first kappa shape index (κ1) is 11.3. The highest BCUT2D eigenvalue weighted by Crippen LogP contribution is 2.32. The van der Waals surface area contributed by atoms with E-state index in [1.165, 1.54) is 17.4 Å². The number of H-pyrrole nitrogens is 1. The van der Waals surface area contributed by atoms with E-state index >= 15 is 0 Å². The standard InChI is InChI=1S/C10H8N4O2S2/c11-18(15,16)8-3-1-2-7-9(8)14-10(17-7)6-4-12-13-5-6/h1-5H,(H,12,13)(H2,11,15,16). The number of nitrogens with zero attached hydrogens (tertiary/aromatic N) is 2. The molecule has 0 aliphatic carbocycles. The predicted molar refractivity (Wildman–Crippen MR) is 68.6 cm³/mol. The van der Waals surface area contributed by atoms with E-state index in [4.69, 9.17) is 5.14 Å². The van der Waals surface area contributed by atoms with Gasteiger partial charge in [0, 0.05) is 11.8 Å². The van der Waals surface area contributed by atoms with E-state index in [1.807, 2.05) is 6.07 Å². The Morgan fingerprint density at radius 2 is 2.17 bits per heavy atom. The normalized spacial score (nSPS) is 12.1. The number of nitrogens with one attached hydrogen (secondary N) is 1. The van der Waals surface area contributed by atoms with Crippen LogP contribution in [0, 0.1) is 0 Å². The molecule has 0 saturated carbocycles. The Kier molecular flexibility index (Phi) is 2.44. The number of benzene rings is 1. The first-order valence-corrected chi connectivity index (χ1v) is 7.33. The minimum atomic E-state index is -3.76. The molecule has 3 aromatic rings. The van der Waals surface area contributed by atoms with Crippen molar-refractivity contribution < 1.29 is 8.42 Å². The Morgan fingerprint density at radius 3 is 2.83 bits per heavy atom. The second-order valence-electron chi connectivity index (χ2n) is 3.65. The van der Waals surface area contributed by atoms with Crippen molar-refractivity contribution in [3.05, 3.63) is 30.6 Å². The van der Waals surface area contributed by atoms with Gasteiger partial charge in [0.2, 0.25) is 10.0 Å². The van der Waals surface area contributed by atoms with Crippen LogP contribution in [0.25, 0.3) is 20.8 Å². The fourth-order valence-electron chi connectivity index (χ4n) is 1.64. The summed E-state index contributed by atoms with van der Waals surface area (Å²) in [7, 11) is -3.76. The van der Waals surface area contributed by atoms with E-state index in [0.717, 1.165) is 10.3 Å². The van der Waals surface area contributed by atoms with Gasteiger partial charge in [-0.2, -0.15) is 5.10 Å². The molecule has 18 heavy (non-hydrogen) atoms. The van der Waals surface area contributed by atoms with Crippen LogP contribution in [0.5, 0.6) is 0 Å². The molecule has 0 radical (unpaired) electrons. The molecule has 3 rings (SSSR count). The summed E-state index contributed by atoms with van der Waals surface area (Å²) >= 11 is 1.39. The van der Waals surface area contributed by atoms with Crippen molar-refractivity contribution >= 4 is 31.6 Å². The minimum Gasteiger partial charge on any atom is -0.285 e. The maximum absolute atomic E-state index is 11.5. The van der Waals surface area contributed by atoms with Crippen LogP contribution in [0.2, 0.25) is 0 Å². The average Bonchev–Trinajstić information content (AvgIpc) is 2.95. The lowest BCUT2D eigenvalue weighted by Gasteiger charge is -1.97. The number of nitrogens with two attached hydrogens (primary N) is 1. The second kappa shape index (κ2) is 3.87. The first-order valence-electron chi connectivity index (χ1n) is 4.97. The van der Waals surface area contributed by atoms with Gasteiger partial charge in [0.25, 0.3) is 0 Å². The third-order valence-electron chi connectivity index (χ3n) is 2.43. The zero-order chi connectivity index (χ0) is 12.8. The Bertz CT molecular complexity index is 806. The highest BCUT2D eigenvalue weighted by atomic mass is 32.2. The molecule has 2 aromatic heterocycles. The van der Waals surface area contributed by atoms with Gasteiger partial charge in [-0.25, -0.2) is 18.5 Å². The van der Waals surface area contributed by atoms with Crippen LogP contribution in [0.15, 0.2) is 35.5 Å². The molecule has 0 saturated heterocycles. The summed E-state index contributed by atoms with van der Waals surface area (Å²) in [5, 5.41) is 12.4. The molecular weight excluding hydrogens is 272 g/mol. The summed E-state index contributed by atoms with van der Waals surface area (Å²) < 4.78 is 23.7.